The molecule has 2 atom stereocenters. The maximum atomic E-state index is 11.8. The zero-order valence-corrected chi connectivity index (χ0v) is 13.0. The summed E-state index contributed by atoms with van der Waals surface area (Å²) in [6.07, 6.45) is 0.384. The van der Waals surface area contributed by atoms with Crippen LogP contribution in [0.25, 0.3) is 0 Å². The van der Waals surface area contributed by atoms with E-state index in [-0.39, 0.29) is 30.5 Å². The van der Waals surface area contributed by atoms with Crippen LogP contribution in [0.15, 0.2) is 30.3 Å². The van der Waals surface area contributed by atoms with E-state index < -0.39 is 0 Å². The lowest BCUT2D eigenvalue weighted by molar-refractivity contribution is -0.122. The van der Waals surface area contributed by atoms with E-state index in [0.717, 1.165) is 18.9 Å². The number of ether oxygens (including phenoxy) is 2. The predicted octanol–water partition coefficient (Wildman–Crippen LogP) is 1.37. The highest BCUT2D eigenvalue weighted by Crippen LogP contribution is 2.10. The second kappa shape index (κ2) is 9.60. The summed E-state index contributed by atoms with van der Waals surface area (Å²) in [5.74, 6) is 0.841. The first-order chi connectivity index (χ1) is 9.74. The largest absolute Gasteiger partial charge is 0.489 e. The molecule has 0 saturated carbocycles. The number of nitrogens with one attached hydrogen (secondary N) is 2. The Morgan fingerprint density at radius 1 is 1.48 bits per heavy atom. The number of halogens is 1. The van der Waals surface area contributed by atoms with Gasteiger partial charge in [0.1, 0.15) is 11.9 Å². The molecule has 1 fully saturated rings. The van der Waals surface area contributed by atoms with E-state index in [2.05, 4.69) is 10.6 Å². The summed E-state index contributed by atoms with van der Waals surface area (Å²) in [6.45, 7) is 4.57. The van der Waals surface area contributed by atoms with Crippen LogP contribution in [-0.4, -0.2) is 44.4 Å². The summed E-state index contributed by atoms with van der Waals surface area (Å²) in [7, 11) is 0. The van der Waals surface area contributed by atoms with Gasteiger partial charge in [-0.05, 0) is 19.1 Å². The maximum Gasteiger partial charge on any atom is 0.221 e. The van der Waals surface area contributed by atoms with Gasteiger partial charge in [-0.1, -0.05) is 18.2 Å². The van der Waals surface area contributed by atoms with E-state index in [4.69, 9.17) is 9.47 Å². The molecular weight excluding hydrogens is 292 g/mol. The summed E-state index contributed by atoms with van der Waals surface area (Å²) in [6, 6.07) is 9.72. The van der Waals surface area contributed by atoms with Crippen molar-refractivity contribution in [2.45, 2.75) is 25.5 Å². The quantitative estimate of drug-likeness (QED) is 0.832. The zero-order chi connectivity index (χ0) is 14.2. The first-order valence-electron chi connectivity index (χ1n) is 7.03. The number of carbonyl (C=O) groups excluding carboxylic acids is 1. The van der Waals surface area contributed by atoms with Gasteiger partial charge in [-0.15, -0.1) is 12.4 Å². The van der Waals surface area contributed by atoms with Gasteiger partial charge in [0.2, 0.25) is 5.91 Å². The van der Waals surface area contributed by atoms with Crippen molar-refractivity contribution in [3.05, 3.63) is 30.3 Å². The van der Waals surface area contributed by atoms with Crippen molar-refractivity contribution in [1.29, 1.82) is 0 Å². The number of hydrogen-bond donors (Lipinski definition) is 2. The van der Waals surface area contributed by atoms with Crippen LogP contribution in [0.5, 0.6) is 5.75 Å². The molecule has 1 heterocycles. The lowest BCUT2D eigenvalue weighted by Gasteiger charge is -2.23. The number of carbonyl (C=O) groups is 1. The number of para-hydroxylation sites is 1. The average Bonchev–Trinajstić information content (AvgIpc) is 2.47. The number of morpholine rings is 1. The monoisotopic (exact) mass is 314 g/mol. The lowest BCUT2D eigenvalue weighted by Crippen LogP contribution is -2.45. The van der Waals surface area contributed by atoms with Crippen LogP contribution in [0.2, 0.25) is 0 Å². The fraction of sp³-hybridized carbons (Fsp3) is 0.533. The molecule has 0 aromatic heterocycles. The Morgan fingerprint density at radius 3 is 2.90 bits per heavy atom. The molecule has 1 aromatic carbocycles. The second-order valence-corrected chi connectivity index (χ2v) is 4.98. The standard InChI is InChI=1S/C15H22N2O3.ClH/c1-12(20-14-5-3-2-4-6-14)10-17-15(18)9-13-11-19-8-7-16-13;/h2-6,12-13,16H,7-11H2,1H3,(H,17,18);1H. The molecular formula is C15H23ClN2O3. The molecule has 118 valence electrons. The number of rotatable bonds is 6. The Balaban J connectivity index is 0.00000220. The van der Waals surface area contributed by atoms with Crippen LogP contribution in [0.4, 0.5) is 0 Å². The third kappa shape index (κ3) is 6.80. The molecule has 0 spiro atoms. The van der Waals surface area contributed by atoms with E-state index >= 15 is 0 Å². The molecule has 0 radical (unpaired) electrons. The molecule has 2 unspecified atom stereocenters. The molecule has 1 aromatic rings. The van der Waals surface area contributed by atoms with Gasteiger partial charge in [0.15, 0.2) is 0 Å². The first kappa shape index (κ1) is 17.8. The Hall–Kier alpha value is -1.30. The minimum absolute atomic E-state index is 0. The van der Waals surface area contributed by atoms with Gasteiger partial charge in [0, 0.05) is 19.0 Å². The number of hydrogen-bond acceptors (Lipinski definition) is 4. The smallest absolute Gasteiger partial charge is 0.221 e. The molecule has 1 saturated heterocycles. The van der Waals surface area contributed by atoms with E-state index in [1.807, 2.05) is 37.3 Å². The minimum atomic E-state index is -0.0584. The van der Waals surface area contributed by atoms with Crippen molar-refractivity contribution in [2.24, 2.45) is 0 Å². The Morgan fingerprint density at radius 2 is 2.24 bits per heavy atom. The van der Waals surface area contributed by atoms with Gasteiger partial charge < -0.3 is 20.1 Å². The molecule has 6 heteroatoms. The van der Waals surface area contributed by atoms with E-state index in [1.54, 1.807) is 0 Å². The van der Waals surface area contributed by atoms with Crippen LogP contribution in [0, 0.1) is 0 Å². The maximum absolute atomic E-state index is 11.8. The Bertz CT molecular complexity index is 411. The van der Waals surface area contributed by atoms with Crippen LogP contribution in [0.3, 0.4) is 0 Å². The SMILES string of the molecule is CC(CNC(=O)CC1COCCN1)Oc1ccccc1.Cl. The topological polar surface area (TPSA) is 59.6 Å². The number of amides is 1. The van der Waals surface area contributed by atoms with Gasteiger partial charge in [0.25, 0.3) is 0 Å². The number of benzene rings is 1. The third-order valence-electron chi connectivity index (χ3n) is 3.10. The van der Waals surface area contributed by atoms with Crippen LogP contribution in [0.1, 0.15) is 13.3 Å². The van der Waals surface area contributed by atoms with Crippen molar-refractivity contribution in [3.8, 4) is 5.75 Å². The summed E-state index contributed by atoms with van der Waals surface area (Å²) in [5, 5.41) is 6.15. The molecule has 21 heavy (non-hydrogen) atoms. The fourth-order valence-electron chi connectivity index (χ4n) is 2.08. The van der Waals surface area contributed by atoms with Crippen molar-refractivity contribution in [2.75, 3.05) is 26.3 Å². The fourth-order valence-corrected chi connectivity index (χ4v) is 2.08. The highest BCUT2D eigenvalue weighted by molar-refractivity contribution is 5.85. The summed E-state index contributed by atoms with van der Waals surface area (Å²) in [5.41, 5.74) is 0. The van der Waals surface area contributed by atoms with Crippen molar-refractivity contribution in [3.63, 3.8) is 0 Å². The van der Waals surface area contributed by atoms with Crippen molar-refractivity contribution >= 4 is 18.3 Å². The zero-order valence-electron chi connectivity index (χ0n) is 12.2. The van der Waals surface area contributed by atoms with E-state index in [9.17, 15) is 4.79 Å². The van der Waals surface area contributed by atoms with Crippen LogP contribution < -0.4 is 15.4 Å². The molecule has 2 N–H and O–H groups in total. The van der Waals surface area contributed by atoms with Crippen LogP contribution >= 0.6 is 12.4 Å². The second-order valence-electron chi connectivity index (χ2n) is 4.98. The Labute approximate surface area is 131 Å². The van der Waals surface area contributed by atoms with Gasteiger partial charge >= 0.3 is 0 Å². The highest BCUT2D eigenvalue weighted by Gasteiger charge is 2.17. The minimum Gasteiger partial charge on any atom is -0.489 e. The summed E-state index contributed by atoms with van der Waals surface area (Å²) >= 11 is 0. The van der Waals surface area contributed by atoms with Gasteiger partial charge in [-0.3, -0.25) is 4.79 Å². The van der Waals surface area contributed by atoms with Crippen molar-refractivity contribution < 1.29 is 14.3 Å². The van der Waals surface area contributed by atoms with Gasteiger partial charge in [-0.2, -0.15) is 0 Å². The lowest BCUT2D eigenvalue weighted by atomic mass is 10.2. The molecule has 1 amide bonds. The van der Waals surface area contributed by atoms with Gasteiger partial charge in [-0.25, -0.2) is 0 Å². The van der Waals surface area contributed by atoms with Gasteiger partial charge in [0.05, 0.1) is 19.8 Å². The van der Waals surface area contributed by atoms with E-state index in [0.29, 0.717) is 19.6 Å². The molecule has 0 bridgehead atoms. The average molecular weight is 315 g/mol. The molecule has 1 aliphatic rings. The summed E-state index contributed by atoms with van der Waals surface area (Å²) in [4.78, 5) is 11.8. The summed E-state index contributed by atoms with van der Waals surface area (Å²) < 4.78 is 11.0. The molecule has 0 aliphatic carbocycles. The van der Waals surface area contributed by atoms with Crippen molar-refractivity contribution in [1.82, 2.24) is 10.6 Å². The van der Waals surface area contributed by atoms with E-state index in [1.165, 1.54) is 0 Å². The molecule has 5 nitrogen and oxygen atoms in total. The molecule has 1 aliphatic heterocycles. The third-order valence-corrected chi connectivity index (χ3v) is 3.10. The normalized spacial score (nSPS) is 19.2. The van der Waals surface area contributed by atoms with Crippen LogP contribution in [-0.2, 0) is 9.53 Å². The first-order valence-corrected chi connectivity index (χ1v) is 7.03. The molecule has 2 rings (SSSR count). The predicted molar refractivity (Wildman–Crippen MR) is 84.0 cm³/mol. The highest BCUT2D eigenvalue weighted by atomic mass is 35.5. The Kier molecular flexibility index (Phi) is 8.12.